The van der Waals surface area contributed by atoms with E-state index in [0.29, 0.717) is 40.6 Å². The predicted octanol–water partition coefficient (Wildman–Crippen LogP) is 4.35. The smallest absolute Gasteiger partial charge is 0.224 e. The van der Waals surface area contributed by atoms with Crippen LogP contribution in [0.4, 0.5) is 5.69 Å². The molecule has 0 spiro atoms. The maximum atomic E-state index is 12.1. The normalized spacial score (nSPS) is 10.2. The number of hydrogen-bond donors (Lipinski definition) is 1. The first-order chi connectivity index (χ1) is 12.0. The molecular formula is C19H20ClNO4. The molecule has 0 aliphatic carbocycles. The Balaban J connectivity index is 1.79. The van der Waals surface area contributed by atoms with Crippen LogP contribution in [0, 0.1) is 0 Å². The highest BCUT2D eigenvalue weighted by Gasteiger charge is 2.09. The van der Waals surface area contributed by atoms with Gasteiger partial charge in [-0.15, -0.1) is 0 Å². The van der Waals surface area contributed by atoms with Gasteiger partial charge >= 0.3 is 0 Å². The van der Waals surface area contributed by atoms with E-state index in [0.717, 1.165) is 0 Å². The van der Waals surface area contributed by atoms with Crippen molar-refractivity contribution < 1.29 is 19.1 Å². The minimum atomic E-state index is -0.163. The zero-order valence-electron chi connectivity index (χ0n) is 14.2. The maximum absolute atomic E-state index is 12.1. The Hall–Kier alpha value is -2.53. The maximum Gasteiger partial charge on any atom is 0.224 e. The number of rotatable bonds is 8. The van der Waals surface area contributed by atoms with Crippen LogP contribution in [0.3, 0.4) is 0 Å². The highest BCUT2D eigenvalue weighted by atomic mass is 35.5. The van der Waals surface area contributed by atoms with Gasteiger partial charge in [-0.05, 0) is 48.9 Å². The summed E-state index contributed by atoms with van der Waals surface area (Å²) < 4.78 is 10.1. The van der Waals surface area contributed by atoms with E-state index in [1.807, 2.05) is 0 Å². The average molecular weight is 362 g/mol. The number of methoxy groups -OCH3 is 2. The van der Waals surface area contributed by atoms with E-state index in [4.69, 9.17) is 21.1 Å². The van der Waals surface area contributed by atoms with Crippen molar-refractivity contribution in [3.63, 3.8) is 0 Å². The van der Waals surface area contributed by atoms with Crippen molar-refractivity contribution in [1.82, 2.24) is 0 Å². The lowest BCUT2D eigenvalue weighted by Gasteiger charge is -2.08. The van der Waals surface area contributed by atoms with E-state index in [2.05, 4.69) is 5.32 Å². The van der Waals surface area contributed by atoms with Gasteiger partial charge in [0, 0.05) is 24.1 Å². The molecule has 6 heteroatoms. The number of hydrogen-bond acceptors (Lipinski definition) is 4. The van der Waals surface area contributed by atoms with Crippen molar-refractivity contribution in [2.24, 2.45) is 0 Å². The van der Waals surface area contributed by atoms with Crippen LogP contribution in [-0.2, 0) is 4.79 Å². The number of ether oxygens (including phenoxy) is 2. The molecule has 0 saturated carbocycles. The molecule has 1 N–H and O–H groups in total. The predicted molar refractivity (Wildman–Crippen MR) is 97.8 cm³/mol. The number of amides is 1. The molecule has 0 heterocycles. The van der Waals surface area contributed by atoms with Crippen LogP contribution in [0.1, 0.15) is 29.6 Å². The Bertz CT molecular complexity index is 744. The number of benzene rings is 2. The second-order valence-electron chi connectivity index (χ2n) is 5.40. The van der Waals surface area contributed by atoms with Crippen LogP contribution in [0.15, 0.2) is 42.5 Å². The Morgan fingerprint density at radius 3 is 2.32 bits per heavy atom. The van der Waals surface area contributed by atoms with Crippen molar-refractivity contribution in [1.29, 1.82) is 0 Å². The number of carbonyl (C=O) groups is 2. The summed E-state index contributed by atoms with van der Waals surface area (Å²) in [7, 11) is 3.10. The Morgan fingerprint density at radius 2 is 1.72 bits per heavy atom. The number of ketones is 1. The van der Waals surface area contributed by atoms with E-state index in [-0.39, 0.29) is 18.1 Å². The van der Waals surface area contributed by atoms with Crippen molar-refractivity contribution in [3.8, 4) is 11.5 Å². The number of carbonyl (C=O) groups excluding carboxylic acids is 2. The van der Waals surface area contributed by atoms with Crippen molar-refractivity contribution in [3.05, 3.63) is 53.1 Å². The monoisotopic (exact) mass is 361 g/mol. The molecule has 0 saturated heterocycles. The minimum absolute atomic E-state index is 0.00273. The van der Waals surface area contributed by atoms with Crippen LogP contribution >= 0.6 is 11.6 Å². The molecule has 0 radical (unpaired) electrons. The molecule has 0 aliphatic heterocycles. The fraction of sp³-hybridized carbons (Fsp3) is 0.263. The summed E-state index contributed by atoms with van der Waals surface area (Å²) in [6.45, 7) is 0. The van der Waals surface area contributed by atoms with E-state index < -0.39 is 0 Å². The second-order valence-corrected chi connectivity index (χ2v) is 5.81. The van der Waals surface area contributed by atoms with Gasteiger partial charge in [-0.25, -0.2) is 0 Å². The lowest BCUT2D eigenvalue weighted by atomic mass is 10.1. The molecule has 1 amide bonds. The lowest BCUT2D eigenvalue weighted by Crippen LogP contribution is -2.12. The molecule has 0 bridgehead atoms. The summed E-state index contributed by atoms with van der Waals surface area (Å²) in [4.78, 5) is 24.1. The third kappa shape index (κ3) is 5.50. The molecule has 0 aromatic heterocycles. The van der Waals surface area contributed by atoms with Gasteiger partial charge in [-0.3, -0.25) is 9.59 Å². The molecule has 5 nitrogen and oxygen atoms in total. The van der Waals surface area contributed by atoms with Crippen LogP contribution in [0.2, 0.25) is 5.02 Å². The Kier molecular flexibility index (Phi) is 6.83. The highest BCUT2D eigenvalue weighted by Crippen LogP contribution is 2.27. The molecule has 0 aliphatic rings. The van der Waals surface area contributed by atoms with Crippen molar-refractivity contribution >= 4 is 29.0 Å². The molecule has 2 rings (SSSR count). The standard InChI is InChI=1S/C19H20ClNO4/c1-24-15-9-6-13(7-10-15)17(22)4-3-5-19(23)21-14-8-11-18(25-2)16(20)12-14/h6-12H,3-5H2,1-2H3,(H,21,23). The topological polar surface area (TPSA) is 64.6 Å². The minimum Gasteiger partial charge on any atom is -0.497 e. The molecule has 25 heavy (non-hydrogen) atoms. The van der Waals surface area contributed by atoms with Crippen molar-refractivity contribution in [2.75, 3.05) is 19.5 Å². The van der Waals surface area contributed by atoms with Crippen LogP contribution in [-0.4, -0.2) is 25.9 Å². The van der Waals surface area contributed by atoms with Gasteiger partial charge in [0.05, 0.1) is 19.2 Å². The molecular weight excluding hydrogens is 342 g/mol. The number of nitrogens with one attached hydrogen (secondary N) is 1. The fourth-order valence-corrected chi connectivity index (χ4v) is 2.56. The summed E-state index contributed by atoms with van der Waals surface area (Å²) >= 11 is 6.02. The summed E-state index contributed by atoms with van der Waals surface area (Å²) in [6, 6.07) is 12.0. The van der Waals surface area contributed by atoms with Crippen LogP contribution in [0.25, 0.3) is 0 Å². The third-order valence-corrected chi connectivity index (χ3v) is 3.95. The highest BCUT2D eigenvalue weighted by molar-refractivity contribution is 6.32. The Morgan fingerprint density at radius 1 is 1.00 bits per heavy atom. The van der Waals surface area contributed by atoms with Crippen LogP contribution < -0.4 is 14.8 Å². The fourth-order valence-electron chi connectivity index (χ4n) is 2.30. The van der Waals surface area contributed by atoms with E-state index >= 15 is 0 Å². The number of Topliss-reactive ketones (excluding diaryl/α,β-unsaturated/α-hetero) is 1. The zero-order valence-corrected chi connectivity index (χ0v) is 14.9. The summed E-state index contributed by atoms with van der Waals surface area (Å²) in [5, 5.41) is 3.18. The lowest BCUT2D eigenvalue weighted by molar-refractivity contribution is -0.116. The summed E-state index contributed by atoms with van der Waals surface area (Å²) in [6.07, 6.45) is 1.04. The molecule has 2 aromatic carbocycles. The SMILES string of the molecule is COc1ccc(C(=O)CCCC(=O)Nc2ccc(OC)c(Cl)c2)cc1. The van der Waals surface area contributed by atoms with Gasteiger partial charge in [0.15, 0.2) is 5.78 Å². The summed E-state index contributed by atoms with van der Waals surface area (Å²) in [5.41, 5.74) is 1.21. The molecule has 0 unspecified atom stereocenters. The Labute approximate surface area is 151 Å². The van der Waals surface area contributed by atoms with Gasteiger partial charge in [-0.1, -0.05) is 11.6 Å². The van der Waals surface area contributed by atoms with Gasteiger partial charge < -0.3 is 14.8 Å². The van der Waals surface area contributed by atoms with Crippen molar-refractivity contribution in [2.45, 2.75) is 19.3 Å². The average Bonchev–Trinajstić information content (AvgIpc) is 2.62. The third-order valence-electron chi connectivity index (χ3n) is 3.66. The molecule has 0 fully saturated rings. The number of halogens is 1. The van der Waals surface area contributed by atoms with E-state index in [1.54, 1.807) is 49.6 Å². The zero-order chi connectivity index (χ0) is 18.2. The molecule has 0 atom stereocenters. The quantitative estimate of drug-likeness (QED) is 0.710. The largest absolute Gasteiger partial charge is 0.497 e. The summed E-state index contributed by atoms with van der Waals surface area (Å²) in [5.74, 6) is 1.09. The van der Waals surface area contributed by atoms with Crippen LogP contribution in [0.5, 0.6) is 11.5 Å². The van der Waals surface area contributed by atoms with Gasteiger partial charge in [0.2, 0.25) is 5.91 Å². The van der Waals surface area contributed by atoms with Gasteiger partial charge in [0.25, 0.3) is 0 Å². The van der Waals surface area contributed by atoms with E-state index in [9.17, 15) is 9.59 Å². The van der Waals surface area contributed by atoms with E-state index in [1.165, 1.54) is 7.11 Å². The van der Waals surface area contributed by atoms with Gasteiger partial charge in [0.1, 0.15) is 11.5 Å². The van der Waals surface area contributed by atoms with Gasteiger partial charge in [-0.2, -0.15) is 0 Å². The first-order valence-electron chi connectivity index (χ1n) is 7.84. The molecule has 2 aromatic rings. The second kappa shape index (κ2) is 9.08. The molecule has 132 valence electrons. The first-order valence-corrected chi connectivity index (χ1v) is 8.22. The number of anilines is 1. The first kappa shape index (κ1) is 18.8.